The molecular formula is C13H9ClFNO4S. The Morgan fingerprint density at radius 3 is 2.43 bits per heavy atom. The Kier molecular flexibility index (Phi) is 4.15. The van der Waals surface area contributed by atoms with Gasteiger partial charge in [-0.2, -0.15) is 0 Å². The van der Waals surface area contributed by atoms with E-state index >= 15 is 0 Å². The molecule has 2 aromatic carbocycles. The lowest BCUT2D eigenvalue weighted by Crippen LogP contribution is -2.17. The third-order valence-corrected chi connectivity index (χ3v) is 4.31. The van der Waals surface area contributed by atoms with Gasteiger partial charge >= 0.3 is 5.97 Å². The molecule has 0 aliphatic carbocycles. The highest BCUT2D eigenvalue weighted by Gasteiger charge is 2.22. The molecule has 0 aliphatic heterocycles. The molecule has 0 saturated carbocycles. The summed E-state index contributed by atoms with van der Waals surface area (Å²) in [5, 5.41) is 8.95. The molecule has 8 heteroatoms. The minimum atomic E-state index is -4.26. The summed E-state index contributed by atoms with van der Waals surface area (Å²) >= 11 is 5.74. The number of aromatic carboxylic acids is 1. The fourth-order valence-electron chi connectivity index (χ4n) is 1.69. The highest BCUT2D eigenvalue weighted by atomic mass is 35.5. The zero-order chi connectivity index (χ0) is 15.6. The number of nitrogens with one attached hydrogen (secondary N) is 1. The molecule has 0 amide bonds. The first-order valence-electron chi connectivity index (χ1n) is 5.62. The Balaban J connectivity index is 2.50. The van der Waals surface area contributed by atoms with E-state index in [2.05, 4.69) is 0 Å². The van der Waals surface area contributed by atoms with Crippen molar-refractivity contribution in [1.82, 2.24) is 0 Å². The monoisotopic (exact) mass is 329 g/mol. The molecule has 2 aromatic rings. The van der Waals surface area contributed by atoms with Crippen LogP contribution in [0.4, 0.5) is 10.1 Å². The van der Waals surface area contributed by atoms with Gasteiger partial charge in [-0.05, 0) is 24.3 Å². The van der Waals surface area contributed by atoms with Crippen LogP contribution in [-0.4, -0.2) is 19.5 Å². The zero-order valence-electron chi connectivity index (χ0n) is 10.4. The first-order valence-corrected chi connectivity index (χ1v) is 7.48. The van der Waals surface area contributed by atoms with Gasteiger partial charge in [0.05, 0.1) is 10.7 Å². The molecule has 21 heavy (non-hydrogen) atoms. The lowest BCUT2D eigenvalue weighted by atomic mass is 10.2. The topological polar surface area (TPSA) is 83.5 Å². The molecule has 2 rings (SSSR count). The van der Waals surface area contributed by atoms with Gasteiger partial charge < -0.3 is 5.11 Å². The van der Waals surface area contributed by atoms with E-state index in [0.29, 0.717) is 0 Å². The SMILES string of the molecule is O=C(O)c1c(Cl)cccc1NS(=O)(=O)c1ccccc1F. The maximum atomic E-state index is 13.6. The molecule has 0 aliphatic rings. The molecular weight excluding hydrogens is 321 g/mol. The van der Waals surface area contributed by atoms with Crippen LogP contribution >= 0.6 is 11.6 Å². The maximum absolute atomic E-state index is 13.6. The van der Waals surface area contributed by atoms with Crippen molar-refractivity contribution in [2.75, 3.05) is 4.72 Å². The Morgan fingerprint density at radius 1 is 1.14 bits per heavy atom. The summed E-state index contributed by atoms with van der Waals surface area (Å²) in [5.41, 5.74) is -0.641. The van der Waals surface area contributed by atoms with Crippen LogP contribution in [0.5, 0.6) is 0 Å². The number of benzene rings is 2. The van der Waals surface area contributed by atoms with Crippen molar-refractivity contribution in [2.45, 2.75) is 4.90 Å². The zero-order valence-corrected chi connectivity index (χ0v) is 12.0. The fraction of sp³-hybridized carbons (Fsp3) is 0. The van der Waals surface area contributed by atoms with E-state index in [1.165, 1.54) is 30.3 Å². The average molecular weight is 330 g/mol. The van der Waals surface area contributed by atoms with Crippen molar-refractivity contribution in [3.8, 4) is 0 Å². The number of carboxylic acid groups (broad SMARTS) is 1. The van der Waals surface area contributed by atoms with Gasteiger partial charge in [0.15, 0.2) is 0 Å². The van der Waals surface area contributed by atoms with Crippen LogP contribution in [0.3, 0.4) is 0 Å². The molecule has 110 valence electrons. The maximum Gasteiger partial charge on any atom is 0.339 e. The van der Waals surface area contributed by atoms with E-state index < -0.39 is 32.3 Å². The predicted molar refractivity (Wildman–Crippen MR) is 75.6 cm³/mol. The van der Waals surface area contributed by atoms with Gasteiger partial charge in [-0.1, -0.05) is 29.8 Å². The molecule has 0 radical (unpaired) electrons. The van der Waals surface area contributed by atoms with Crippen molar-refractivity contribution in [1.29, 1.82) is 0 Å². The van der Waals surface area contributed by atoms with E-state index in [4.69, 9.17) is 16.7 Å². The number of anilines is 1. The Hall–Kier alpha value is -2.12. The van der Waals surface area contributed by atoms with Crippen molar-refractivity contribution in [2.24, 2.45) is 0 Å². The van der Waals surface area contributed by atoms with E-state index in [0.717, 1.165) is 12.1 Å². The molecule has 0 unspecified atom stereocenters. The molecule has 0 saturated heterocycles. The number of hydrogen-bond donors (Lipinski definition) is 2. The highest BCUT2D eigenvalue weighted by molar-refractivity contribution is 7.92. The lowest BCUT2D eigenvalue weighted by Gasteiger charge is -2.11. The van der Waals surface area contributed by atoms with Crippen LogP contribution in [0.2, 0.25) is 5.02 Å². The first kappa shape index (κ1) is 15.3. The van der Waals surface area contributed by atoms with Gasteiger partial charge in [-0.3, -0.25) is 4.72 Å². The molecule has 0 atom stereocenters. The van der Waals surface area contributed by atoms with Crippen LogP contribution in [0.25, 0.3) is 0 Å². The summed E-state index contributed by atoms with van der Waals surface area (Å²) in [6, 6.07) is 8.69. The predicted octanol–water partition coefficient (Wildman–Crippen LogP) is 2.98. The van der Waals surface area contributed by atoms with Crippen molar-refractivity contribution in [3.05, 3.63) is 58.9 Å². The highest BCUT2D eigenvalue weighted by Crippen LogP contribution is 2.27. The number of sulfonamides is 1. The number of halogens is 2. The van der Waals surface area contributed by atoms with Crippen LogP contribution in [0.1, 0.15) is 10.4 Å². The third-order valence-electron chi connectivity index (χ3n) is 2.60. The minimum Gasteiger partial charge on any atom is -0.478 e. The van der Waals surface area contributed by atoms with E-state index in [1.54, 1.807) is 0 Å². The second-order valence-corrected chi connectivity index (χ2v) is 6.06. The van der Waals surface area contributed by atoms with Gasteiger partial charge in [-0.25, -0.2) is 17.6 Å². The normalized spacial score (nSPS) is 11.1. The van der Waals surface area contributed by atoms with Gasteiger partial charge in [0.2, 0.25) is 0 Å². The number of carbonyl (C=O) groups is 1. The van der Waals surface area contributed by atoms with Gasteiger partial charge in [0, 0.05) is 0 Å². The Morgan fingerprint density at radius 2 is 1.81 bits per heavy atom. The summed E-state index contributed by atoms with van der Waals surface area (Å²) in [4.78, 5) is 10.6. The van der Waals surface area contributed by atoms with E-state index in [9.17, 15) is 17.6 Å². The molecule has 0 bridgehead atoms. The Labute approximate surface area is 125 Å². The number of hydrogen-bond acceptors (Lipinski definition) is 3. The first-order chi connectivity index (χ1) is 9.83. The largest absolute Gasteiger partial charge is 0.478 e. The molecule has 0 fully saturated rings. The molecule has 2 N–H and O–H groups in total. The standard InChI is InChI=1S/C13H9ClFNO4S/c14-8-4-3-6-10(12(8)13(17)18)16-21(19,20)11-7-2-1-5-9(11)15/h1-7,16H,(H,17,18). The summed E-state index contributed by atoms with van der Waals surface area (Å²) in [7, 11) is -4.26. The van der Waals surface area contributed by atoms with Gasteiger partial charge in [0.25, 0.3) is 10.0 Å². The quantitative estimate of drug-likeness (QED) is 0.903. The minimum absolute atomic E-state index is 0.128. The smallest absolute Gasteiger partial charge is 0.339 e. The van der Waals surface area contributed by atoms with Crippen LogP contribution < -0.4 is 4.72 Å². The van der Waals surface area contributed by atoms with E-state index in [1.807, 2.05) is 4.72 Å². The van der Waals surface area contributed by atoms with Gasteiger partial charge in [-0.15, -0.1) is 0 Å². The summed E-state index contributed by atoms with van der Waals surface area (Å²) in [5.74, 6) is -2.34. The fourth-order valence-corrected chi connectivity index (χ4v) is 3.10. The van der Waals surface area contributed by atoms with Crippen LogP contribution in [-0.2, 0) is 10.0 Å². The molecule has 0 spiro atoms. The average Bonchev–Trinajstić information content (AvgIpc) is 2.38. The van der Waals surface area contributed by atoms with Gasteiger partial charge in [0.1, 0.15) is 16.3 Å². The Bertz CT molecular complexity index is 808. The van der Waals surface area contributed by atoms with Crippen LogP contribution in [0, 0.1) is 5.82 Å². The second kappa shape index (κ2) is 5.71. The number of carboxylic acids is 1. The summed E-state index contributed by atoms with van der Waals surface area (Å²) < 4.78 is 39.8. The van der Waals surface area contributed by atoms with Crippen LogP contribution in [0.15, 0.2) is 47.4 Å². The molecule has 0 heterocycles. The van der Waals surface area contributed by atoms with Crippen molar-refractivity contribution in [3.63, 3.8) is 0 Å². The molecule has 0 aromatic heterocycles. The number of rotatable bonds is 4. The second-order valence-electron chi connectivity index (χ2n) is 4.00. The van der Waals surface area contributed by atoms with E-state index in [-0.39, 0.29) is 10.7 Å². The lowest BCUT2D eigenvalue weighted by molar-refractivity contribution is 0.0698. The third kappa shape index (κ3) is 3.14. The van der Waals surface area contributed by atoms with Crippen molar-refractivity contribution >= 4 is 33.3 Å². The molecule has 5 nitrogen and oxygen atoms in total. The van der Waals surface area contributed by atoms with Crippen molar-refractivity contribution < 1.29 is 22.7 Å². The summed E-state index contributed by atoms with van der Waals surface area (Å²) in [6.45, 7) is 0. The summed E-state index contributed by atoms with van der Waals surface area (Å²) in [6.07, 6.45) is 0.